The summed E-state index contributed by atoms with van der Waals surface area (Å²) >= 11 is 0. The third kappa shape index (κ3) is 4.30. The van der Waals surface area contributed by atoms with Gasteiger partial charge in [-0.05, 0) is 0 Å². The number of imidazole rings is 1. The second kappa shape index (κ2) is 9.59. The summed E-state index contributed by atoms with van der Waals surface area (Å²) in [6.07, 6.45) is 1.86. The Morgan fingerprint density at radius 2 is 1.64 bits per heavy atom. The van der Waals surface area contributed by atoms with Crippen LogP contribution in [0.5, 0.6) is 0 Å². The van der Waals surface area contributed by atoms with Gasteiger partial charge in [0.2, 0.25) is 23.5 Å². The Kier molecular flexibility index (Phi) is 6.91. The summed E-state index contributed by atoms with van der Waals surface area (Å²) in [6, 6.07) is 7.45. The molecular weight excluding hydrogens is 362 g/mol. The number of ether oxygens (including phenoxy) is 3. The first-order chi connectivity index (χ1) is 13.6. The van der Waals surface area contributed by atoms with Crippen molar-refractivity contribution in [3.05, 3.63) is 53.1 Å². The van der Waals surface area contributed by atoms with Crippen molar-refractivity contribution in [1.29, 1.82) is 0 Å². The van der Waals surface area contributed by atoms with Crippen molar-refractivity contribution in [1.82, 2.24) is 4.57 Å². The summed E-state index contributed by atoms with van der Waals surface area (Å²) in [5, 5.41) is 4.34. The van der Waals surface area contributed by atoms with E-state index in [2.05, 4.69) is 5.16 Å². The van der Waals surface area contributed by atoms with E-state index >= 15 is 0 Å². The predicted octanol–water partition coefficient (Wildman–Crippen LogP) is 0.843. The highest BCUT2D eigenvalue weighted by Crippen LogP contribution is 2.25. The monoisotopic (exact) mass is 388 g/mol. The number of carbonyl (C=O) groups is 1. The first-order valence-electron chi connectivity index (χ1n) is 9.19. The van der Waals surface area contributed by atoms with Crippen LogP contribution in [0.15, 0.2) is 35.7 Å². The molecule has 0 saturated heterocycles. The lowest BCUT2D eigenvalue weighted by Crippen LogP contribution is -2.37. The smallest absolute Gasteiger partial charge is 0.244 e. The maximum Gasteiger partial charge on any atom is 0.244 e. The van der Waals surface area contributed by atoms with Crippen molar-refractivity contribution >= 4 is 11.5 Å². The van der Waals surface area contributed by atoms with Gasteiger partial charge in [-0.25, -0.2) is 9.13 Å². The largest absolute Gasteiger partial charge is 0.393 e. The molecule has 3 rings (SSSR count). The molecule has 2 aromatic rings. The molecule has 8 heteroatoms. The highest BCUT2D eigenvalue weighted by molar-refractivity contribution is 6.28. The molecule has 0 saturated carbocycles. The molecule has 0 bridgehead atoms. The number of rotatable bonds is 10. The summed E-state index contributed by atoms with van der Waals surface area (Å²) in [5.74, 6) is -0.00976. The van der Waals surface area contributed by atoms with Crippen molar-refractivity contribution < 1.29 is 28.4 Å². The lowest BCUT2D eigenvalue weighted by Gasteiger charge is -2.15. The molecule has 0 radical (unpaired) electrons. The van der Waals surface area contributed by atoms with E-state index in [1.807, 2.05) is 53.8 Å². The van der Waals surface area contributed by atoms with Crippen molar-refractivity contribution in [2.24, 2.45) is 19.3 Å². The summed E-state index contributed by atoms with van der Waals surface area (Å²) in [6.45, 7) is 2.83. The molecule has 0 atom stereocenters. The number of aryl methyl sites for hydroxylation is 2. The van der Waals surface area contributed by atoms with Gasteiger partial charge >= 0.3 is 0 Å². The van der Waals surface area contributed by atoms with Gasteiger partial charge in [0.15, 0.2) is 5.71 Å². The highest BCUT2D eigenvalue weighted by atomic mass is 16.6. The zero-order chi connectivity index (χ0) is 19.9. The zero-order valence-corrected chi connectivity index (χ0v) is 16.5. The Labute approximate surface area is 164 Å². The summed E-state index contributed by atoms with van der Waals surface area (Å²) < 4.78 is 19.4. The van der Waals surface area contributed by atoms with Crippen LogP contribution < -0.4 is 4.57 Å². The van der Waals surface area contributed by atoms with Crippen LogP contribution >= 0.6 is 0 Å². The summed E-state index contributed by atoms with van der Waals surface area (Å²) in [4.78, 5) is 18.4. The Morgan fingerprint density at radius 1 is 1.00 bits per heavy atom. The Hall–Kier alpha value is -2.55. The quantitative estimate of drug-likeness (QED) is 0.292. The summed E-state index contributed by atoms with van der Waals surface area (Å²) in [5.41, 5.74) is 3.40. The Bertz CT molecular complexity index is 860. The van der Waals surface area contributed by atoms with E-state index in [0.29, 0.717) is 56.6 Å². The van der Waals surface area contributed by atoms with Crippen LogP contribution in [0.2, 0.25) is 0 Å². The lowest BCUT2D eigenvalue weighted by molar-refractivity contribution is -0.672. The molecule has 0 N–H and O–H groups in total. The average Bonchev–Trinajstić information content (AvgIpc) is 3.00. The Balaban J connectivity index is 1.62. The van der Waals surface area contributed by atoms with Crippen LogP contribution in [0.25, 0.3) is 0 Å². The van der Waals surface area contributed by atoms with Gasteiger partial charge < -0.3 is 19.0 Å². The number of carbonyl (C=O) groups excluding carboxylic acids is 1. The molecule has 1 aliphatic carbocycles. The number of hydrogen-bond donors (Lipinski definition) is 0. The standard InChI is InChI=1S/C20H26N3O5/c1-22-14-23(2)19-18(22)17(15-6-4-5-7-16(15)20(19)24)21-28-13-12-27-11-10-26-9-8-25-3/h4-7,14H,8-13H2,1-3H3/q+1/b21-17+. The minimum absolute atomic E-state index is 0.00976. The molecule has 0 fully saturated rings. The number of aromatic nitrogens is 2. The fraction of sp³-hybridized carbons (Fsp3) is 0.450. The van der Waals surface area contributed by atoms with Gasteiger partial charge in [0.25, 0.3) is 0 Å². The van der Waals surface area contributed by atoms with Gasteiger partial charge in [0, 0.05) is 18.2 Å². The molecule has 1 aromatic heterocycles. The van der Waals surface area contributed by atoms with Crippen molar-refractivity contribution in [3.63, 3.8) is 0 Å². The van der Waals surface area contributed by atoms with Crippen LogP contribution in [-0.4, -0.2) is 62.8 Å². The first kappa shape index (κ1) is 20.2. The predicted molar refractivity (Wildman–Crippen MR) is 102 cm³/mol. The van der Waals surface area contributed by atoms with Crippen LogP contribution in [0, 0.1) is 0 Å². The molecule has 1 heterocycles. The molecule has 28 heavy (non-hydrogen) atoms. The van der Waals surface area contributed by atoms with Crippen LogP contribution in [0.1, 0.15) is 27.3 Å². The fourth-order valence-corrected chi connectivity index (χ4v) is 3.16. The maximum absolute atomic E-state index is 12.9. The van der Waals surface area contributed by atoms with E-state index in [0.717, 1.165) is 11.3 Å². The van der Waals surface area contributed by atoms with E-state index in [1.54, 1.807) is 7.11 Å². The molecule has 0 amide bonds. The molecule has 0 spiro atoms. The van der Waals surface area contributed by atoms with Gasteiger partial charge in [-0.3, -0.25) is 4.79 Å². The minimum atomic E-state index is -0.00976. The first-order valence-corrected chi connectivity index (χ1v) is 9.19. The zero-order valence-electron chi connectivity index (χ0n) is 16.5. The van der Waals surface area contributed by atoms with Gasteiger partial charge in [0.1, 0.15) is 6.61 Å². The number of oxime groups is 1. The lowest BCUT2D eigenvalue weighted by atomic mass is 9.89. The number of fused-ring (bicyclic) bond motifs is 2. The van der Waals surface area contributed by atoms with Crippen molar-refractivity contribution in [2.45, 2.75) is 0 Å². The van der Waals surface area contributed by atoms with E-state index < -0.39 is 0 Å². The van der Waals surface area contributed by atoms with E-state index in [4.69, 9.17) is 19.0 Å². The number of methoxy groups -OCH3 is 1. The number of ketones is 1. The van der Waals surface area contributed by atoms with Crippen molar-refractivity contribution in [3.8, 4) is 0 Å². The molecule has 150 valence electrons. The SMILES string of the molecule is COCCOCCOCCO/N=C1\c2ccccc2C(=O)c2c1[n+](C)cn2C. The fourth-order valence-electron chi connectivity index (χ4n) is 3.16. The van der Waals surface area contributed by atoms with Gasteiger partial charge in [-0.2, -0.15) is 0 Å². The molecular formula is C20H26N3O5+. The van der Waals surface area contributed by atoms with Gasteiger partial charge in [-0.15, -0.1) is 0 Å². The topological polar surface area (TPSA) is 75.2 Å². The van der Waals surface area contributed by atoms with Crippen molar-refractivity contribution in [2.75, 3.05) is 46.8 Å². The number of benzene rings is 1. The van der Waals surface area contributed by atoms with Crippen LogP contribution in [0.4, 0.5) is 0 Å². The second-order valence-corrected chi connectivity index (χ2v) is 6.40. The van der Waals surface area contributed by atoms with Gasteiger partial charge in [-0.1, -0.05) is 29.4 Å². The number of hydrogen-bond acceptors (Lipinski definition) is 6. The molecule has 1 aliphatic rings. The van der Waals surface area contributed by atoms with E-state index in [-0.39, 0.29) is 5.78 Å². The molecule has 0 unspecified atom stereocenters. The molecule has 8 nitrogen and oxygen atoms in total. The number of nitrogens with zero attached hydrogens (tertiary/aromatic N) is 3. The highest BCUT2D eigenvalue weighted by Gasteiger charge is 2.38. The maximum atomic E-state index is 12.9. The minimum Gasteiger partial charge on any atom is -0.393 e. The van der Waals surface area contributed by atoms with Crippen LogP contribution in [-0.2, 0) is 33.1 Å². The third-order valence-electron chi connectivity index (χ3n) is 4.42. The normalized spacial score (nSPS) is 14.2. The average molecular weight is 388 g/mol. The molecule has 0 aliphatic heterocycles. The van der Waals surface area contributed by atoms with E-state index in [9.17, 15) is 4.79 Å². The van der Waals surface area contributed by atoms with Crippen LogP contribution in [0.3, 0.4) is 0 Å². The second-order valence-electron chi connectivity index (χ2n) is 6.40. The summed E-state index contributed by atoms with van der Waals surface area (Å²) in [7, 11) is 5.38. The van der Waals surface area contributed by atoms with Gasteiger partial charge in [0.05, 0.1) is 47.1 Å². The molecule has 1 aromatic carbocycles. The third-order valence-corrected chi connectivity index (χ3v) is 4.42. The van der Waals surface area contributed by atoms with E-state index in [1.165, 1.54) is 0 Å². The Morgan fingerprint density at radius 3 is 2.36 bits per heavy atom.